The Kier molecular flexibility index (Phi) is 5.15. The van der Waals surface area contributed by atoms with Gasteiger partial charge in [0.25, 0.3) is 0 Å². The van der Waals surface area contributed by atoms with Crippen molar-refractivity contribution >= 4 is 18.1 Å². The van der Waals surface area contributed by atoms with Crippen molar-refractivity contribution in [2.24, 2.45) is 11.8 Å². The van der Waals surface area contributed by atoms with Crippen LogP contribution in [-0.2, 0) is 14.4 Å². The van der Waals surface area contributed by atoms with Crippen LogP contribution in [0.3, 0.4) is 0 Å². The summed E-state index contributed by atoms with van der Waals surface area (Å²) in [6, 6.07) is -0.485. The van der Waals surface area contributed by atoms with Gasteiger partial charge in [0.15, 0.2) is 0 Å². The van der Waals surface area contributed by atoms with E-state index in [4.69, 9.17) is 0 Å². The lowest BCUT2D eigenvalue weighted by Gasteiger charge is -2.23. The van der Waals surface area contributed by atoms with Crippen LogP contribution in [0.5, 0.6) is 0 Å². The van der Waals surface area contributed by atoms with E-state index in [-0.39, 0.29) is 24.2 Å². The van der Waals surface area contributed by atoms with Crippen molar-refractivity contribution in [2.75, 3.05) is 13.6 Å². The number of hydrogen-bond acceptors (Lipinski definition) is 3. The van der Waals surface area contributed by atoms with Gasteiger partial charge in [0.05, 0.1) is 12.0 Å². The molecule has 0 saturated carbocycles. The van der Waals surface area contributed by atoms with Gasteiger partial charge in [-0.15, -0.1) is 0 Å². The quantitative estimate of drug-likeness (QED) is 0.592. The molecule has 5 nitrogen and oxygen atoms in total. The average molecular weight is 292 g/mol. The van der Waals surface area contributed by atoms with E-state index in [1.165, 1.54) is 5.57 Å². The highest BCUT2D eigenvalue weighted by atomic mass is 16.2. The first kappa shape index (κ1) is 15.7. The number of likely N-dealkylation sites (tertiary alicyclic amines) is 1. The Morgan fingerprint density at radius 2 is 2.29 bits per heavy atom. The largest absolute Gasteiger partial charge is 0.359 e. The van der Waals surface area contributed by atoms with Crippen molar-refractivity contribution in [3.8, 4) is 0 Å². The first-order valence-electron chi connectivity index (χ1n) is 7.77. The van der Waals surface area contributed by atoms with Gasteiger partial charge >= 0.3 is 0 Å². The topological polar surface area (TPSA) is 66.5 Å². The van der Waals surface area contributed by atoms with Gasteiger partial charge in [-0.05, 0) is 37.2 Å². The number of nitrogens with zero attached hydrogens (tertiary/aromatic N) is 1. The Hall–Kier alpha value is -1.65. The molecule has 3 atom stereocenters. The number of hydrogen-bond donors (Lipinski definition) is 1. The van der Waals surface area contributed by atoms with Gasteiger partial charge in [-0.3, -0.25) is 9.59 Å². The molecule has 116 valence electrons. The molecule has 21 heavy (non-hydrogen) atoms. The maximum Gasteiger partial charge on any atom is 0.230 e. The minimum Gasteiger partial charge on any atom is -0.359 e. The molecule has 0 radical (unpaired) electrons. The second-order valence-electron chi connectivity index (χ2n) is 5.92. The molecular formula is C16H24N2O3. The first-order chi connectivity index (χ1) is 10.1. The molecule has 1 heterocycles. The monoisotopic (exact) mass is 292 g/mol. The van der Waals surface area contributed by atoms with E-state index >= 15 is 0 Å². The molecule has 1 saturated heterocycles. The van der Waals surface area contributed by atoms with Crippen molar-refractivity contribution in [2.45, 2.75) is 45.1 Å². The minimum atomic E-state index is -0.485. The smallest absolute Gasteiger partial charge is 0.230 e. The Bertz CT molecular complexity index is 458. The molecular weight excluding hydrogens is 268 g/mol. The van der Waals surface area contributed by atoms with Crippen LogP contribution < -0.4 is 5.32 Å². The normalized spacial score (nSPS) is 26.1. The van der Waals surface area contributed by atoms with Crippen LogP contribution in [0.1, 0.15) is 39.0 Å². The number of aldehydes is 1. The van der Waals surface area contributed by atoms with E-state index in [2.05, 4.69) is 18.3 Å². The van der Waals surface area contributed by atoms with Gasteiger partial charge in [0.1, 0.15) is 6.29 Å². The molecule has 5 heteroatoms. The van der Waals surface area contributed by atoms with Crippen LogP contribution >= 0.6 is 0 Å². The number of allylic oxidation sites excluding steroid dienone is 1. The van der Waals surface area contributed by atoms with Crippen molar-refractivity contribution in [3.05, 3.63) is 11.6 Å². The molecule has 1 N–H and O–H groups in total. The third kappa shape index (κ3) is 3.34. The van der Waals surface area contributed by atoms with Gasteiger partial charge in [-0.2, -0.15) is 0 Å². The van der Waals surface area contributed by atoms with Crippen LogP contribution in [-0.4, -0.2) is 42.6 Å². The van der Waals surface area contributed by atoms with Crippen LogP contribution in [0.2, 0.25) is 0 Å². The molecule has 2 aliphatic rings. The highest BCUT2D eigenvalue weighted by molar-refractivity contribution is 5.88. The molecule has 1 unspecified atom stereocenters. The van der Waals surface area contributed by atoms with Crippen LogP contribution in [0.25, 0.3) is 0 Å². The summed E-state index contributed by atoms with van der Waals surface area (Å²) in [5.74, 6) is 0.487. The van der Waals surface area contributed by atoms with Crippen molar-refractivity contribution < 1.29 is 14.4 Å². The maximum atomic E-state index is 12.5. The van der Waals surface area contributed by atoms with Crippen LogP contribution in [0, 0.1) is 11.8 Å². The number of fused-ring (bicyclic) bond motifs is 1. The summed E-state index contributed by atoms with van der Waals surface area (Å²) in [6.45, 7) is 2.71. The number of carbonyl (C=O) groups excluding carboxylic acids is 3. The standard InChI is InChI=1S/C16H24N2O3/c1-3-11-4-6-14-12(8-11)9-18(16(14)21)13(10-19)5-7-15(20)17-2/h8,10-11,13-14H,3-7,9H2,1-2H3,(H,17,20)/t11-,13+,14?/m0/s1. The lowest BCUT2D eigenvalue weighted by Crippen LogP contribution is -2.39. The molecule has 0 aromatic carbocycles. The van der Waals surface area contributed by atoms with Crippen molar-refractivity contribution in [1.29, 1.82) is 0 Å². The number of carbonyl (C=O) groups is 3. The fraction of sp³-hybridized carbons (Fsp3) is 0.688. The SMILES string of the molecule is CC[C@@H]1C=C2CN([C@@H](C=O)CCC(=O)NC)C(=O)C2CC1. The van der Waals surface area contributed by atoms with E-state index in [1.807, 2.05) is 0 Å². The second kappa shape index (κ2) is 6.87. The predicted octanol–water partition coefficient (Wildman–Crippen LogP) is 1.28. The summed E-state index contributed by atoms with van der Waals surface area (Å²) in [6.07, 6.45) is 6.73. The fourth-order valence-corrected chi connectivity index (χ4v) is 3.29. The second-order valence-corrected chi connectivity index (χ2v) is 5.92. The fourth-order valence-electron chi connectivity index (χ4n) is 3.29. The van der Waals surface area contributed by atoms with Gasteiger partial charge in [0, 0.05) is 20.0 Å². The van der Waals surface area contributed by atoms with Crippen molar-refractivity contribution in [1.82, 2.24) is 10.2 Å². The van der Waals surface area contributed by atoms with E-state index in [9.17, 15) is 14.4 Å². The third-order valence-electron chi connectivity index (χ3n) is 4.69. The third-order valence-corrected chi connectivity index (χ3v) is 4.69. The average Bonchev–Trinajstić information content (AvgIpc) is 2.84. The summed E-state index contributed by atoms with van der Waals surface area (Å²) < 4.78 is 0. The van der Waals surface area contributed by atoms with E-state index in [0.717, 1.165) is 25.5 Å². The summed E-state index contributed by atoms with van der Waals surface area (Å²) in [7, 11) is 1.57. The van der Waals surface area contributed by atoms with Crippen LogP contribution in [0.15, 0.2) is 11.6 Å². The van der Waals surface area contributed by atoms with Crippen molar-refractivity contribution in [3.63, 3.8) is 0 Å². The predicted molar refractivity (Wildman–Crippen MR) is 79.5 cm³/mol. The summed E-state index contributed by atoms with van der Waals surface area (Å²) in [5, 5.41) is 2.54. The van der Waals surface area contributed by atoms with Gasteiger partial charge in [0.2, 0.25) is 11.8 Å². The Labute approximate surface area is 125 Å². The lowest BCUT2D eigenvalue weighted by atomic mass is 9.83. The molecule has 1 fully saturated rings. The summed E-state index contributed by atoms with van der Waals surface area (Å²) in [4.78, 5) is 36.8. The van der Waals surface area contributed by atoms with Crippen LogP contribution in [0.4, 0.5) is 0 Å². The maximum absolute atomic E-state index is 12.5. The molecule has 1 aliphatic carbocycles. The zero-order valence-corrected chi connectivity index (χ0v) is 12.8. The van der Waals surface area contributed by atoms with Gasteiger partial charge in [-0.25, -0.2) is 0 Å². The number of rotatable bonds is 6. The zero-order valence-electron chi connectivity index (χ0n) is 12.8. The molecule has 2 amide bonds. The lowest BCUT2D eigenvalue weighted by molar-refractivity contribution is -0.136. The Morgan fingerprint density at radius 3 is 2.90 bits per heavy atom. The molecule has 0 spiro atoms. The molecule has 2 rings (SSSR count). The zero-order chi connectivity index (χ0) is 15.4. The molecule has 0 bridgehead atoms. The molecule has 1 aliphatic heterocycles. The minimum absolute atomic E-state index is 0.0322. The Morgan fingerprint density at radius 1 is 1.52 bits per heavy atom. The van der Waals surface area contributed by atoms with E-state index in [1.54, 1.807) is 11.9 Å². The van der Waals surface area contributed by atoms with Gasteiger partial charge < -0.3 is 15.0 Å². The van der Waals surface area contributed by atoms with Gasteiger partial charge in [-0.1, -0.05) is 13.0 Å². The highest BCUT2D eigenvalue weighted by Gasteiger charge is 2.40. The molecule has 0 aromatic heterocycles. The van der Waals surface area contributed by atoms with E-state index < -0.39 is 6.04 Å². The summed E-state index contributed by atoms with van der Waals surface area (Å²) in [5.41, 5.74) is 1.17. The number of amides is 2. The van der Waals surface area contributed by atoms with E-state index in [0.29, 0.717) is 18.9 Å². The number of nitrogens with one attached hydrogen (secondary N) is 1. The highest BCUT2D eigenvalue weighted by Crippen LogP contribution is 2.37. The first-order valence-corrected chi connectivity index (χ1v) is 7.77. The molecule has 0 aromatic rings. The summed E-state index contributed by atoms with van der Waals surface area (Å²) >= 11 is 0. The Balaban J connectivity index is 2.05.